The van der Waals surface area contributed by atoms with E-state index in [4.69, 9.17) is 28.7 Å². The Hall–Kier alpha value is -7.52. The second-order valence-electron chi connectivity index (χ2n) is 18.6. The average molecular weight is 994 g/mol. The fourth-order valence-corrected chi connectivity index (χ4v) is 8.86. The van der Waals surface area contributed by atoms with Crippen molar-refractivity contribution in [1.82, 2.24) is 31.6 Å². The van der Waals surface area contributed by atoms with Crippen LogP contribution in [-0.4, -0.2) is 119 Å². The van der Waals surface area contributed by atoms with Gasteiger partial charge < -0.3 is 70.2 Å². The van der Waals surface area contributed by atoms with Crippen LogP contribution in [0.25, 0.3) is 10.9 Å². The van der Waals surface area contributed by atoms with Crippen molar-refractivity contribution < 1.29 is 38.7 Å². The molecule has 1 fully saturated rings. The van der Waals surface area contributed by atoms with Gasteiger partial charge in [0.15, 0.2) is 5.96 Å². The summed E-state index contributed by atoms with van der Waals surface area (Å²) in [5, 5.41) is 24.3. The number of aliphatic imine (C=N–C) groups is 1. The number of unbranched alkanes of at least 4 members (excludes halogenated alkanes) is 1. The Labute approximate surface area is 419 Å². The number of carbonyl (C=O) groups is 7. The SMILES string of the molecule is CC(C)c1ccccc1N1CCC(NC(=O)[C@@H](N)CC(=O)O)(C(=O)N[C@H](Cc2ccccc2)C(=O)N[C@@H](CCCN=C(N)N)C(=O)N[C@@H](Cc2c[nH]c3ccccc23)C(=O)N[C@@H](CCCCN)C(N)=O)CC1. The highest BCUT2D eigenvalue weighted by Gasteiger charge is 2.45. The minimum absolute atomic E-state index is 0.0262. The minimum atomic E-state index is -1.64. The number of primary amides is 1. The Morgan fingerprint density at radius 1 is 0.722 bits per heavy atom. The summed E-state index contributed by atoms with van der Waals surface area (Å²) in [4.78, 5) is 106. The molecule has 0 spiro atoms. The van der Waals surface area contributed by atoms with Crippen LogP contribution in [0.15, 0.2) is 90.1 Å². The number of aromatic nitrogens is 1. The normalized spacial score (nSPS) is 15.3. The molecule has 1 saturated heterocycles. The minimum Gasteiger partial charge on any atom is -0.481 e. The van der Waals surface area contributed by atoms with E-state index in [0.717, 1.165) is 22.2 Å². The van der Waals surface area contributed by atoms with E-state index in [2.05, 4.69) is 55.3 Å². The summed E-state index contributed by atoms with van der Waals surface area (Å²) in [6, 6.07) is 17.7. The third kappa shape index (κ3) is 15.7. The Balaban J connectivity index is 1.47. The number of anilines is 1. The number of rotatable bonds is 27. The number of piperidine rings is 1. The Bertz CT molecular complexity index is 2520. The fourth-order valence-electron chi connectivity index (χ4n) is 8.86. The van der Waals surface area contributed by atoms with E-state index in [1.807, 2.05) is 48.5 Å². The number of aliphatic carboxylic acids is 1. The largest absolute Gasteiger partial charge is 0.481 e. The molecule has 72 heavy (non-hydrogen) atoms. The van der Waals surface area contributed by atoms with Crippen molar-refractivity contribution >= 4 is 64.0 Å². The molecule has 5 atom stereocenters. The molecule has 0 bridgehead atoms. The van der Waals surface area contributed by atoms with Crippen molar-refractivity contribution in [3.8, 4) is 0 Å². The van der Waals surface area contributed by atoms with Crippen molar-refractivity contribution in [1.29, 1.82) is 0 Å². The number of nitrogens with one attached hydrogen (secondary N) is 6. The molecule has 21 nitrogen and oxygen atoms in total. The molecule has 4 aromatic rings. The van der Waals surface area contributed by atoms with E-state index >= 15 is 0 Å². The van der Waals surface area contributed by atoms with Crippen LogP contribution in [0.2, 0.25) is 0 Å². The van der Waals surface area contributed by atoms with Gasteiger partial charge in [0.05, 0.1) is 12.5 Å². The highest BCUT2D eigenvalue weighted by molar-refractivity contribution is 5.99. The molecule has 5 rings (SSSR count). The zero-order valence-corrected chi connectivity index (χ0v) is 41.0. The first-order chi connectivity index (χ1) is 34.4. The van der Waals surface area contributed by atoms with E-state index in [1.54, 1.807) is 36.5 Å². The number of para-hydroxylation sites is 2. The lowest BCUT2D eigenvalue weighted by atomic mass is 9.84. The van der Waals surface area contributed by atoms with Crippen molar-refractivity contribution in [3.05, 3.63) is 102 Å². The third-order valence-electron chi connectivity index (χ3n) is 12.9. The molecule has 0 unspecified atom stereocenters. The summed E-state index contributed by atoms with van der Waals surface area (Å²) in [5.41, 5.74) is 31.2. The van der Waals surface area contributed by atoms with Crippen LogP contribution in [-0.2, 0) is 46.4 Å². The van der Waals surface area contributed by atoms with E-state index in [1.165, 1.54) is 0 Å². The first-order valence-electron chi connectivity index (χ1n) is 24.4. The number of carbonyl (C=O) groups excluding carboxylic acids is 6. The summed E-state index contributed by atoms with van der Waals surface area (Å²) in [6.07, 6.45) is 2.56. The lowest BCUT2D eigenvalue weighted by Gasteiger charge is -2.43. The van der Waals surface area contributed by atoms with Crippen LogP contribution in [0.4, 0.5) is 5.69 Å². The van der Waals surface area contributed by atoms with Crippen LogP contribution >= 0.6 is 0 Å². The van der Waals surface area contributed by atoms with Crippen LogP contribution in [0.5, 0.6) is 0 Å². The van der Waals surface area contributed by atoms with E-state index in [-0.39, 0.29) is 63.4 Å². The number of carboxylic acids is 1. The number of aromatic amines is 1. The molecule has 0 aliphatic carbocycles. The van der Waals surface area contributed by atoms with Crippen LogP contribution in [0, 0.1) is 0 Å². The summed E-state index contributed by atoms with van der Waals surface area (Å²) >= 11 is 0. The smallest absolute Gasteiger partial charge is 0.305 e. The van der Waals surface area contributed by atoms with Gasteiger partial charge in [0.1, 0.15) is 29.7 Å². The summed E-state index contributed by atoms with van der Waals surface area (Å²) in [6.45, 7) is 5.22. The number of hydrogen-bond donors (Lipinski definition) is 12. The number of H-pyrrole nitrogens is 1. The van der Waals surface area contributed by atoms with Gasteiger partial charge >= 0.3 is 5.97 Å². The molecule has 1 aliphatic rings. The number of nitrogens with zero attached hydrogens (tertiary/aromatic N) is 2. The Morgan fingerprint density at radius 3 is 1.97 bits per heavy atom. The van der Waals surface area contributed by atoms with Gasteiger partial charge in [0.2, 0.25) is 35.4 Å². The standard InChI is InChI=1S/C51H71N13O8/c1-31(2)34-15-7-9-20-42(34)64-25-21-51(22-26-64,63-45(68)36(53)29-43(65)66)49(72)62-40(27-32-13-4-3-5-14-32)47(70)60-39(19-12-24-57-50(55)56)46(69)61-41(28-33-30-58-37-17-8-6-16-35(33)37)48(71)59-38(44(54)67)18-10-11-23-52/h3-9,13-17,20,30-31,36,38-41,58H,10-12,18-19,21-29,52-53H2,1-2H3,(H2,54,67)(H,59,71)(H,60,70)(H,61,69)(H,62,72)(H,63,68)(H,65,66)(H4,55,56,57)/t36-,38-,39-,40+,41-/m0/s1. The predicted octanol–water partition coefficient (Wildman–Crippen LogP) is 0.641. The molecule has 21 heteroatoms. The molecule has 0 radical (unpaired) electrons. The highest BCUT2D eigenvalue weighted by atomic mass is 16.4. The lowest BCUT2D eigenvalue weighted by molar-refractivity contribution is -0.141. The second kappa shape index (κ2) is 26.6. The molecule has 0 saturated carbocycles. The number of fused-ring (bicyclic) bond motifs is 1. The second-order valence-corrected chi connectivity index (χ2v) is 18.6. The number of benzene rings is 3. The van der Waals surface area contributed by atoms with Gasteiger partial charge in [-0.2, -0.15) is 0 Å². The third-order valence-corrected chi connectivity index (χ3v) is 12.9. The fraction of sp³-hybridized carbons (Fsp3) is 0.451. The Morgan fingerprint density at radius 2 is 1.32 bits per heavy atom. The monoisotopic (exact) mass is 994 g/mol. The van der Waals surface area contributed by atoms with Gasteiger partial charge in [0, 0.05) is 55.3 Å². The van der Waals surface area contributed by atoms with Crippen molar-refractivity contribution in [2.24, 2.45) is 33.7 Å². The molecule has 1 aromatic heterocycles. The van der Waals surface area contributed by atoms with Crippen molar-refractivity contribution in [2.45, 2.75) is 120 Å². The van der Waals surface area contributed by atoms with Crippen molar-refractivity contribution in [3.63, 3.8) is 0 Å². The quantitative estimate of drug-likeness (QED) is 0.0222. The summed E-state index contributed by atoms with van der Waals surface area (Å²) in [5.74, 6) is -5.86. The molecule has 2 heterocycles. The van der Waals surface area contributed by atoms with E-state index < -0.39 is 83.6 Å². The topological polar surface area (TPSA) is 361 Å². The van der Waals surface area contributed by atoms with Crippen LogP contribution < -0.4 is 60.2 Å². The van der Waals surface area contributed by atoms with Gasteiger partial charge in [0.25, 0.3) is 0 Å². The first-order valence-corrected chi connectivity index (χ1v) is 24.4. The molecule has 388 valence electrons. The van der Waals surface area contributed by atoms with Crippen LogP contribution in [0.3, 0.4) is 0 Å². The molecule has 17 N–H and O–H groups in total. The first kappa shape index (κ1) is 55.4. The zero-order valence-electron chi connectivity index (χ0n) is 41.0. The van der Waals surface area contributed by atoms with Gasteiger partial charge in [-0.1, -0.05) is 80.6 Å². The maximum absolute atomic E-state index is 14.9. The van der Waals surface area contributed by atoms with Crippen LogP contribution in [0.1, 0.15) is 87.8 Å². The van der Waals surface area contributed by atoms with E-state index in [9.17, 15) is 38.7 Å². The number of nitrogens with two attached hydrogens (primary N) is 5. The summed E-state index contributed by atoms with van der Waals surface area (Å²) < 4.78 is 0. The number of carboxylic acid groups (broad SMARTS) is 1. The van der Waals surface area contributed by atoms with Gasteiger partial charge in [-0.05, 0) is 86.2 Å². The molecule has 1 aliphatic heterocycles. The lowest BCUT2D eigenvalue weighted by Crippen LogP contribution is -2.67. The number of amides is 6. The maximum Gasteiger partial charge on any atom is 0.305 e. The average Bonchev–Trinajstić information content (AvgIpc) is 3.76. The van der Waals surface area contributed by atoms with Gasteiger partial charge in [-0.3, -0.25) is 38.6 Å². The molecular formula is C51H71N13O8. The zero-order chi connectivity index (χ0) is 52.4. The molecule has 3 aromatic carbocycles. The Kier molecular flexibility index (Phi) is 20.5. The highest BCUT2D eigenvalue weighted by Crippen LogP contribution is 2.33. The molecular weight excluding hydrogens is 923 g/mol. The van der Waals surface area contributed by atoms with Gasteiger partial charge in [-0.15, -0.1) is 0 Å². The maximum atomic E-state index is 14.9. The molecule has 6 amide bonds. The number of hydrogen-bond acceptors (Lipinski definition) is 11. The summed E-state index contributed by atoms with van der Waals surface area (Å²) in [7, 11) is 0. The van der Waals surface area contributed by atoms with E-state index in [0.29, 0.717) is 43.6 Å². The number of guanidine groups is 1. The van der Waals surface area contributed by atoms with Gasteiger partial charge in [-0.25, -0.2) is 0 Å². The predicted molar refractivity (Wildman–Crippen MR) is 275 cm³/mol. The van der Waals surface area contributed by atoms with Crippen molar-refractivity contribution in [2.75, 3.05) is 31.1 Å².